The van der Waals surface area contributed by atoms with Crippen LogP contribution in [0.25, 0.3) is 0 Å². The second-order valence-electron chi connectivity index (χ2n) is 5.02. The number of anilines is 1. The van der Waals surface area contributed by atoms with E-state index in [1.165, 1.54) is 19.4 Å². The van der Waals surface area contributed by atoms with Crippen molar-refractivity contribution in [3.8, 4) is 11.5 Å². The Bertz CT molecular complexity index is 837. The van der Waals surface area contributed by atoms with Crippen LogP contribution in [0.15, 0.2) is 46.0 Å². The van der Waals surface area contributed by atoms with Gasteiger partial charge in [-0.25, -0.2) is 5.43 Å². The number of aryl methyl sites for hydroxylation is 1. The summed E-state index contributed by atoms with van der Waals surface area (Å²) in [6.45, 7) is 1.82. The number of methoxy groups -OCH3 is 1. The lowest BCUT2D eigenvalue weighted by molar-refractivity contribution is -0.136. The highest BCUT2D eigenvalue weighted by molar-refractivity contribution is 9.10. The van der Waals surface area contributed by atoms with Crippen LogP contribution in [0.1, 0.15) is 11.1 Å². The molecule has 8 heteroatoms. The molecule has 0 aromatic heterocycles. The molecule has 2 amide bonds. The second kappa shape index (κ2) is 8.29. The van der Waals surface area contributed by atoms with Gasteiger partial charge in [-0.05, 0) is 52.2 Å². The lowest BCUT2D eigenvalue weighted by Crippen LogP contribution is -2.32. The molecule has 0 atom stereocenters. The van der Waals surface area contributed by atoms with Crippen LogP contribution < -0.4 is 15.5 Å². The number of hydrogen-bond acceptors (Lipinski definition) is 5. The summed E-state index contributed by atoms with van der Waals surface area (Å²) >= 11 is 3.18. The van der Waals surface area contributed by atoms with Gasteiger partial charge in [-0.1, -0.05) is 18.2 Å². The fraction of sp³-hybridized carbons (Fsp3) is 0.118. The Kier molecular flexibility index (Phi) is 6.13. The van der Waals surface area contributed by atoms with Gasteiger partial charge in [0.25, 0.3) is 0 Å². The highest BCUT2D eigenvalue weighted by Gasteiger charge is 2.13. The minimum absolute atomic E-state index is 0.0405. The maximum Gasteiger partial charge on any atom is 0.329 e. The first-order valence-corrected chi connectivity index (χ1v) is 7.98. The third-order valence-electron chi connectivity index (χ3n) is 3.25. The molecule has 2 rings (SSSR count). The average molecular weight is 406 g/mol. The van der Waals surface area contributed by atoms with Gasteiger partial charge in [0.2, 0.25) is 0 Å². The number of hydrogen-bond donors (Lipinski definition) is 3. The zero-order chi connectivity index (χ0) is 18.4. The van der Waals surface area contributed by atoms with Crippen LogP contribution in [0, 0.1) is 6.92 Å². The Hall–Kier alpha value is -2.87. The van der Waals surface area contributed by atoms with Gasteiger partial charge in [0.1, 0.15) is 0 Å². The van der Waals surface area contributed by atoms with Crippen molar-refractivity contribution < 1.29 is 19.4 Å². The normalized spacial score (nSPS) is 10.5. The van der Waals surface area contributed by atoms with Crippen LogP contribution in [0.2, 0.25) is 0 Å². The summed E-state index contributed by atoms with van der Waals surface area (Å²) in [6, 6.07) is 10.2. The van der Waals surface area contributed by atoms with Crippen LogP contribution in [0.3, 0.4) is 0 Å². The van der Waals surface area contributed by atoms with E-state index < -0.39 is 11.8 Å². The van der Waals surface area contributed by atoms with Crippen molar-refractivity contribution in [1.82, 2.24) is 5.43 Å². The zero-order valence-corrected chi connectivity index (χ0v) is 15.1. The highest BCUT2D eigenvalue weighted by atomic mass is 79.9. The van der Waals surface area contributed by atoms with Crippen LogP contribution in [-0.2, 0) is 9.59 Å². The fourth-order valence-corrected chi connectivity index (χ4v) is 2.39. The monoisotopic (exact) mass is 405 g/mol. The molecule has 0 saturated carbocycles. The van der Waals surface area contributed by atoms with Gasteiger partial charge in [-0.2, -0.15) is 5.10 Å². The molecule has 2 aromatic rings. The standard InChI is InChI=1S/C17H16BrN3O4/c1-10-5-3-4-6-13(10)20-16(23)17(24)21-19-9-11-7-12(18)15(22)14(8-11)25-2/h3-9,22H,1-2H3,(H,20,23)(H,21,24)/b19-9-. The minimum atomic E-state index is -0.899. The van der Waals surface area contributed by atoms with Crippen molar-refractivity contribution in [3.05, 3.63) is 52.0 Å². The number of carbonyl (C=O) groups excluding carboxylic acids is 2. The number of nitrogens with one attached hydrogen (secondary N) is 2. The van der Waals surface area contributed by atoms with E-state index in [1.54, 1.807) is 18.2 Å². The number of ether oxygens (including phenoxy) is 1. The van der Waals surface area contributed by atoms with Gasteiger partial charge in [-0.15, -0.1) is 0 Å². The van der Waals surface area contributed by atoms with E-state index in [0.717, 1.165) is 5.56 Å². The largest absolute Gasteiger partial charge is 0.503 e. The average Bonchev–Trinajstić information content (AvgIpc) is 2.59. The molecule has 0 heterocycles. The van der Waals surface area contributed by atoms with Crippen molar-refractivity contribution in [2.24, 2.45) is 5.10 Å². The molecule has 0 aliphatic carbocycles. The van der Waals surface area contributed by atoms with Crippen LogP contribution in [0.5, 0.6) is 11.5 Å². The summed E-state index contributed by atoms with van der Waals surface area (Å²) in [4.78, 5) is 23.6. The number of nitrogens with zero attached hydrogens (tertiary/aromatic N) is 1. The Labute approximate surface area is 152 Å². The van der Waals surface area contributed by atoms with E-state index in [1.807, 2.05) is 19.1 Å². The smallest absolute Gasteiger partial charge is 0.329 e. The lowest BCUT2D eigenvalue weighted by atomic mass is 10.2. The van der Waals surface area contributed by atoms with Gasteiger partial charge in [0.15, 0.2) is 11.5 Å². The number of amides is 2. The van der Waals surface area contributed by atoms with Crippen LogP contribution >= 0.6 is 15.9 Å². The first kappa shape index (κ1) is 18.5. The van der Waals surface area contributed by atoms with Gasteiger partial charge >= 0.3 is 11.8 Å². The predicted octanol–water partition coefficient (Wildman–Crippen LogP) is 2.56. The number of phenols is 1. The number of halogens is 1. The van der Waals surface area contributed by atoms with Crippen LogP contribution in [-0.4, -0.2) is 30.2 Å². The Morgan fingerprint density at radius 2 is 1.96 bits per heavy atom. The number of phenolic OH excluding ortho intramolecular Hbond substituents is 1. The molecular weight excluding hydrogens is 390 g/mol. The third kappa shape index (κ3) is 4.80. The molecule has 0 aliphatic rings. The highest BCUT2D eigenvalue weighted by Crippen LogP contribution is 2.34. The molecule has 0 spiro atoms. The van der Waals surface area contributed by atoms with E-state index >= 15 is 0 Å². The van der Waals surface area contributed by atoms with E-state index in [0.29, 0.717) is 15.7 Å². The summed E-state index contributed by atoms with van der Waals surface area (Å²) in [5.41, 5.74) is 4.09. The molecule has 0 bridgehead atoms. The Balaban J connectivity index is 1.99. The number of aromatic hydroxyl groups is 1. The van der Waals surface area contributed by atoms with Crippen molar-refractivity contribution in [2.45, 2.75) is 6.92 Å². The van der Waals surface area contributed by atoms with Crippen molar-refractivity contribution >= 4 is 39.6 Å². The minimum Gasteiger partial charge on any atom is -0.503 e. The molecule has 0 aliphatic heterocycles. The van der Waals surface area contributed by atoms with Gasteiger partial charge in [-0.3, -0.25) is 9.59 Å². The fourth-order valence-electron chi connectivity index (χ4n) is 1.93. The number of hydrazone groups is 1. The Morgan fingerprint density at radius 1 is 1.24 bits per heavy atom. The summed E-state index contributed by atoms with van der Waals surface area (Å²) < 4.78 is 5.43. The molecule has 3 N–H and O–H groups in total. The first-order valence-electron chi connectivity index (χ1n) is 7.19. The third-order valence-corrected chi connectivity index (χ3v) is 3.85. The van der Waals surface area contributed by atoms with E-state index in [2.05, 4.69) is 31.8 Å². The molecule has 2 aromatic carbocycles. The van der Waals surface area contributed by atoms with Gasteiger partial charge in [0, 0.05) is 5.69 Å². The summed E-state index contributed by atoms with van der Waals surface area (Å²) in [5, 5.41) is 16.0. The van der Waals surface area contributed by atoms with Crippen molar-refractivity contribution in [3.63, 3.8) is 0 Å². The van der Waals surface area contributed by atoms with Gasteiger partial charge in [0.05, 0.1) is 17.8 Å². The first-order chi connectivity index (χ1) is 11.9. The Morgan fingerprint density at radius 3 is 2.64 bits per heavy atom. The molecule has 25 heavy (non-hydrogen) atoms. The van der Waals surface area contributed by atoms with Crippen LogP contribution in [0.4, 0.5) is 5.69 Å². The molecule has 0 unspecified atom stereocenters. The van der Waals surface area contributed by atoms with E-state index in [4.69, 9.17) is 4.74 Å². The molecule has 7 nitrogen and oxygen atoms in total. The number of carbonyl (C=O) groups is 2. The second-order valence-corrected chi connectivity index (χ2v) is 5.88. The quantitative estimate of drug-likeness (QED) is 0.413. The zero-order valence-electron chi connectivity index (χ0n) is 13.5. The molecule has 0 saturated heterocycles. The topological polar surface area (TPSA) is 100 Å². The summed E-state index contributed by atoms with van der Waals surface area (Å²) in [7, 11) is 1.42. The van der Waals surface area contributed by atoms with Crippen molar-refractivity contribution in [2.75, 3.05) is 12.4 Å². The molecule has 0 radical (unpaired) electrons. The summed E-state index contributed by atoms with van der Waals surface area (Å²) in [6.07, 6.45) is 1.33. The number of para-hydroxylation sites is 1. The predicted molar refractivity (Wildman–Crippen MR) is 97.9 cm³/mol. The van der Waals surface area contributed by atoms with E-state index in [-0.39, 0.29) is 11.5 Å². The molecular formula is C17H16BrN3O4. The lowest BCUT2D eigenvalue weighted by Gasteiger charge is -2.07. The molecule has 130 valence electrons. The maximum atomic E-state index is 11.8. The molecule has 0 fully saturated rings. The van der Waals surface area contributed by atoms with Crippen molar-refractivity contribution in [1.29, 1.82) is 0 Å². The maximum absolute atomic E-state index is 11.8. The van der Waals surface area contributed by atoms with E-state index in [9.17, 15) is 14.7 Å². The summed E-state index contributed by atoms with van der Waals surface area (Å²) in [5.74, 6) is -1.51. The number of benzene rings is 2. The SMILES string of the molecule is COc1cc(/C=N\NC(=O)C(=O)Nc2ccccc2C)cc(Br)c1O. The number of rotatable bonds is 4. The van der Waals surface area contributed by atoms with Gasteiger partial charge < -0.3 is 15.2 Å².